The summed E-state index contributed by atoms with van der Waals surface area (Å²) in [5, 5.41) is 35.0. The quantitative estimate of drug-likeness (QED) is 0.0689. The zero-order chi connectivity index (χ0) is 43.0. The normalized spacial score (nSPS) is 15.0. The van der Waals surface area contributed by atoms with Gasteiger partial charge in [0.2, 0.25) is 35.4 Å². The van der Waals surface area contributed by atoms with Crippen molar-refractivity contribution in [2.45, 2.75) is 116 Å². The average molecular weight is 819 g/mol. The first-order chi connectivity index (χ1) is 26.7. The SMILES string of the molecule is CSCC[C@H](N)C(=O)N[C@@H](CC(C)C)C(=O)N[C@H](C(=O)N[C@@H](C)C(=O)N[C@@H](C)C(=O)N[C@@H](CCC(=O)O)C(=O)N[C@@H](Cc1c[nH]c2ccccc12)C(=O)O)C(C)C. The van der Waals surface area contributed by atoms with Crippen LogP contribution in [-0.4, -0.2) is 117 Å². The van der Waals surface area contributed by atoms with Crippen molar-refractivity contribution < 1.29 is 48.6 Å². The Morgan fingerprint density at radius 3 is 1.84 bits per heavy atom. The molecule has 0 unspecified atom stereocenters. The van der Waals surface area contributed by atoms with Crippen LogP contribution in [0.2, 0.25) is 0 Å². The number of aliphatic carboxylic acids is 2. The third kappa shape index (κ3) is 15.7. The summed E-state index contributed by atoms with van der Waals surface area (Å²) in [6.07, 6.45) is 3.19. The number of H-pyrrole nitrogens is 1. The Kier molecular flexibility index (Phi) is 19.5. The summed E-state index contributed by atoms with van der Waals surface area (Å²) >= 11 is 1.54. The summed E-state index contributed by atoms with van der Waals surface area (Å²) < 4.78 is 0. The van der Waals surface area contributed by atoms with E-state index in [0.29, 0.717) is 17.7 Å². The summed E-state index contributed by atoms with van der Waals surface area (Å²) in [4.78, 5) is 106. The first-order valence-corrected chi connectivity index (χ1v) is 20.2. The minimum atomic E-state index is -1.47. The van der Waals surface area contributed by atoms with E-state index in [0.717, 1.165) is 10.9 Å². The second-order valence-corrected chi connectivity index (χ2v) is 15.7. The summed E-state index contributed by atoms with van der Waals surface area (Å²) in [5.74, 6) is -6.77. The van der Waals surface area contributed by atoms with Crippen LogP contribution in [0, 0.1) is 11.8 Å². The number of nitrogens with one attached hydrogen (secondary N) is 7. The molecule has 57 heavy (non-hydrogen) atoms. The molecule has 6 amide bonds. The van der Waals surface area contributed by atoms with Gasteiger partial charge < -0.3 is 52.8 Å². The van der Waals surface area contributed by atoms with E-state index in [1.807, 2.05) is 26.2 Å². The smallest absolute Gasteiger partial charge is 0.326 e. The van der Waals surface area contributed by atoms with Crippen LogP contribution < -0.4 is 37.6 Å². The maximum absolute atomic E-state index is 13.4. The summed E-state index contributed by atoms with van der Waals surface area (Å²) in [6.45, 7) is 9.79. The van der Waals surface area contributed by atoms with Gasteiger partial charge in [-0.1, -0.05) is 45.9 Å². The monoisotopic (exact) mass is 818 g/mol. The lowest BCUT2D eigenvalue weighted by atomic mass is 9.99. The van der Waals surface area contributed by atoms with Crippen LogP contribution in [-0.2, 0) is 44.8 Å². The predicted octanol–water partition coefficient (Wildman–Crippen LogP) is 0.391. The lowest BCUT2D eigenvalue weighted by Crippen LogP contribution is -2.60. The van der Waals surface area contributed by atoms with E-state index >= 15 is 0 Å². The number of rotatable bonds is 24. The number of amides is 6. The van der Waals surface area contributed by atoms with Crippen molar-refractivity contribution in [2.75, 3.05) is 12.0 Å². The van der Waals surface area contributed by atoms with E-state index in [2.05, 4.69) is 36.9 Å². The second kappa shape index (κ2) is 23.2. The molecular formula is C38H58N8O10S. The Morgan fingerprint density at radius 2 is 1.26 bits per heavy atom. The lowest BCUT2D eigenvalue weighted by Gasteiger charge is -2.28. The van der Waals surface area contributed by atoms with Gasteiger partial charge in [0.25, 0.3) is 0 Å². The van der Waals surface area contributed by atoms with E-state index in [9.17, 15) is 48.6 Å². The molecule has 2 aromatic rings. The molecule has 0 spiro atoms. The van der Waals surface area contributed by atoms with Crippen molar-refractivity contribution >= 4 is 70.0 Å². The van der Waals surface area contributed by atoms with Crippen LogP contribution in [0.15, 0.2) is 30.5 Å². The van der Waals surface area contributed by atoms with Crippen molar-refractivity contribution in [3.63, 3.8) is 0 Å². The Morgan fingerprint density at radius 1 is 0.702 bits per heavy atom. The number of thioether (sulfide) groups is 1. The number of para-hydroxylation sites is 1. The number of nitrogens with two attached hydrogens (primary N) is 1. The predicted molar refractivity (Wildman–Crippen MR) is 215 cm³/mol. The molecule has 0 aliphatic carbocycles. The molecule has 19 heteroatoms. The molecule has 0 saturated heterocycles. The van der Waals surface area contributed by atoms with E-state index in [1.54, 1.807) is 38.2 Å². The molecule has 316 valence electrons. The minimum absolute atomic E-state index is 0.0113. The van der Waals surface area contributed by atoms with E-state index in [4.69, 9.17) is 5.73 Å². The average Bonchev–Trinajstić information content (AvgIpc) is 3.55. The zero-order valence-corrected chi connectivity index (χ0v) is 34.3. The van der Waals surface area contributed by atoms with Gasteiger partial charge >= 0.3 is 11.9 Å². The lowest BCUT2D eigenvalue weighted by molar-refractivity contribution is -0.143. The zero-order valence-electron chi connectivity index (χ0n) is 33.5. The molecular weight excluding hydrogens is 761 g/mol. The van der Waals surface area contributed by atoms with Crippen molar-refractivity contribution in [1.82, 2.24) is 36.9 Å². The number of carboxylic acid groups (broad SMARTS) is 2. The molecule has 0 fully saturated rings. The Hall–Kier alpha value is -5.17. The van der Waals surface area contributed by atoms with E-state index in [-0.39, 0.29) is 25.2 Å². The fourth-order valence-electron chi connectivity index (χ4n) is 5.75. The molecule has 0 aliphatic heterocycles. The van der Waals surface area contributed by atoms with Crippen molar-refractivity contribution in [2.24, 2.45) is 17.6 Å². The van der Waals surface area contributed by atoms with Gasteiger partial charge in [-0.2, -0.15) is 11.8 Å². The van der Waals surface area contributed by atoms with Gasteiger partial charge in [0.05, 0.1) is 6.04 Å². The van der Waals surface area contributed by atoms with Gasteiger partial charge in [-0.3, -0.25) is 33.6 Å². The molecule has 18 nitrogen and oxygen atoms in total. The van der Waals surface area contributed by atoms with Gasteiger partial charge in [-0.15, -0.1) is 0 Å². The third-order valence-electron chi connectivity index (χ3n) is 9.05. The van der Waals surface area contributed by atoms with Crippen LogP contribution in [0.5, 0.6) is 0 Å². The topological polar surface area (TPSA) is 291 Å². The minimum Gasteiger partial charge on any atom is -0.481 e. The Bertz CT molecular complexity index is 1730. The van der Waals surface area contributed by atoms with Crippen LogP contribution in [0.1, 0.15) is 72.8 Å². The molecule has 0 radical (unpaired) electrons. The molecule has 0 bridgehead atoms. The second-order valence-electron chi connectivity index (χ2n) is 14.7. The van der Waals surface area contributed by atoms with Gasteiger partial charge in [-0.05, 0) is 68.6 Å². The standard InChI is InChI=1S/C38H58N8O10S/c1-19(2)16-28(44-34(51)25(39)14-15-57-7)36(53)46-31(20(3)4)37(54)42-21(5)32(49)41-22(6)33(50)43-27(12-13-30(47)48)35(52)45-29(38(55)56)17-23-18-40-26-11-9-8-10-24(23)26/h8-11,18-22,25,27-29,31,40H,12-17,39H2,1-7H3,(H,41,49)(H,42,54)(H,43,50)(H,44,51)(H,45,52)(H,46,53)(H,47,48)(H,55,56)/t21-,22-,25-,27-,28-,29-,31-/m0/s1. The van der Waals surface area contributed by atoms with E-state index in [1.165, 1.54) is 25.6 Å². The first kappa shape index (κ1) is 48.0. The number of hydrogen-bond acceptors (Lipinski definition) is 10. The van der Waals surface area contributed by atoms with Crippen molar-refractivity contribution in [3.05, 3.63) is 36.0 Å². The Labute approximate surface area is 336 Å². The largest absolute Gasteiger partial charge is 0.481 e. The number of benzene rings is 1. The van der Waals surface area contributed by atoms with Crippen LogP contribution in [0.25, 0.3) is 10.9 Å². The molecule has 1 aromatic heterocycles. The Balaban J connectivity index is 2.07. The molecule has 7 atom stereocenters. The number of aromatic nitrogens is 1. The van der Waals surface area contributed by atoms with Gasteiger partial charge in [0, 0.05) is 29.9 Å². The highest BCUT2D eigenvalue weighted by atomic mass is 32.2. The number of carbonyl (C=O) groups is 8. The maximum Gasteiger partial charge on any atom is 0.326 e. The number of hydrogen-bond donors (Lipinski definition) is 10. The number of aromatic amines is 1. The molecule has 11 N–H and O–H groups in total. The number of carbonyl (C=O) groups excluding carboxylic acids is 6. The van der Waals surface area contributed by atoms with Gasteiger partial charge in [0.15, 0.2) is 0 Å². The van der Waals surface area contributed by atoms with Gasteiger partial charge in [-0.25, -0.2) is 4.79 Å². The van der Waals surface area contributed by atoms with Gasteiger partial charge in [0.1, 0.15) is 36.3 Å². The highest BCUT2D eigenvalue weighted by Crippen LogP contribution is 2.19. The molecule has 0 saturated carbocycles. The summed E-state index contributed by atoms with van der Waals surface area (Å²) in [7, 11) is 0. The molecule has 0 aliphatic rings. The fraction of sp³-hybridized carbons (Fsp3) is 0.579. The highest BCUT2D eigenvalue weighted by Gasteiger charge is 2.33. The number of carboxylic acids is 2. The maximum atomic E-state index is 13.4. The van der Waals surface area contributed by atoms with E-state index < -0.39 is 102 Å². The summed E-state index contributed by atoms with van der Waals surface area (Å²) in [6, 6.07) is -1.10. The first-order valence-electron chi connectivity index (χ1n) is 18.8. The van der Waals surface area contributed by atoms with Crippen molar-refractivity contribution in [3.8, 4) is 0 Å². The fourth-order valence-corrected chi connectivity index (χ4v) is 6.23. The van der Waals surface area contributed by atoms with Crippen LogP contribution >= 0.6 is 11.8 Å². The third-order valence-corrected chi connectivity index (χ3v) is 9.70. The molecule has 1 heterocycles. The number of fused-ring (bicyclic) bond motifs is 1. The highest BCUT2D eigenvalue weighted by molar-refractivity contribution is 7.98. The molecule has 1 aromatic carbocycles. The summed E-state index contributed by atoms with van der Waals surface area (Å²) in [5.41, 5.74) is 7.38. The van der Waals surface area contributed by atoms with Crippen LogP contribution in [0.3, 0.4) is 0 Å². The van der Waals surface area contributed by atoms with Crippen LogP contribution in [0.4, 0.5) is 0 Å². The van der Waals surface area contributed by atoms with Crippen molar-refractivity contribution in [1.29, 1.82) is 0 Å². The molecule has 2 rings (SSSR count).